The smallest absolute Gasteiger partial charge is 0.263 e. The summed E-state index contributed by atoms with van der Waals surface area (Å²) in [6, 6.07) is 5.54. The van der Waals surface area contributed by atoms with Gasteiger partial charge in [-0.15, -0.1) is 0 Å². The lowest BCUT2D eigenvalue weighted by Crippen LogP contribution is -2.40. The molecule has 0 bridgehead atoms. The molecule has 2 aromatic rings. The minimum atomic E-state index is -0.418. The Morgan fingerprint density at radius 2 is 2.04 bits per heavy atom. The van der Waals surface area contributed by atoms with Crippen LogP contribution in [-0.4, -0.2) is 53.2 Å². The molecule has 3 rings (SSSR count). The highest BCUT2D eigenvalue weighted by Gasteiger charge is 2.17. The third-order valence-electron chi connectivity index (χ3n) is 4.84. The van der Waals surface area contributed by atoms with Crippen LogP contribution < -0.4 is 10.9 Å². The number of hydrogen-bond acceptors (Lipinski definition) is 5. The maximum Gasteiger partial charge on any atom is 0.263 e. The van der Waals surface area contributed by atoms with Gasteiger partial charge in [-0.3, -0.25) is 14.5 Å². The van der Waals surface area contributed by atoms with Gasteiger partial charge in [0.2, 0.25) is 0 Å². The van der Waals surface area contributed by atoms with E-state index < -0.39 is 5.91 Å². The Morgan fingerprint density at radius 3 is 2.78 bits per heavy atom. The van der Waals surface area contributed by atoms with E-state index in [2.05, 4.69) is 15.2 Å². The topological polar surface area (TPSA) is 76.5 Å². The summed E-state index contributed by atoms with van der Waals surface area (Å²) in [6.45, 7) is 8.30. The summed E-state index contributed by atoms with van der Waals surface area (Å²) < 4.78 is 6.95. The molecule has 7 heteroatoms. The minimum absolute atomic E-state index is 0.170. The Balaban J connectivity index is 1.75. The van der Waals surface area contributed by atoms with Crippen LogP contribution >= 0.6 is 0 Å². The maximum absolute atomic E-state index is 12.9. The van der Waals surface area contributed by atoms with Crippen LogP contribution in [-0.2, 0) is 17.7 Å². The molecule has 3 heterocycles. The fourth-order valence-electron chi connectivity index (χ4n) is 3.13. The van der Waals surface area contributed by atoms with E-state index in [1.165, 1.54) is 0 Å². The van der Waals surface area contributed by atoms with Gasteiger partial charge in [0.1, 0.15) is 11.4 Å². The molecule has 1 aliphatic heterocycles. The van der Waals surface area contributed by atoms with Gasteiger partial charge in [0.15, 0.2) is 0 Å². The Bertz CT molecular complexity index is 857. The summed E-state index contributed by atoms with van der Waals surface area (Å²) in [5, 5.41) is 2.76. The van der Waals surface area contributed by atoms with Crippen LogP contribution in [0.4, 0.5) is 5.82 Å². The number of nitrogens with one attached hydrogen (secondary N) is 1. The van der Waals surface area contributed by atoms with Crippen LogP contribution in [0.1, 0.15) is 28.4 Å². The van der Waals surface area contributed by atoms with E-state index in [-0.39, 0.29) is 11.1 Å². The van der Waals surface area contributed by atoms with Gasteiger partial charge in [-0.2, -0.15) is 0 Å². The second-order valence-corrected chi connectivity index (χ2v) is 6.68. The van der Waals surface area contributed by atoms with E-state index in [0.29, 0.717) is 17.9 Å². The van der Waals surface area contributed by atoms with Crippen LogP contribution in [0.15, 0.2) is 35.4 Å². The van der Waals surface area contributed by atoms with E-state index in [1.807, 2.05) is 25.1 Å². The number of anilines is 1. The van der Waals surface area contributed by atoms with Crippen LogP contribution in [0.5, 0.6) is 0 Å². The predicted molar refractivity (Wildman–Crippen MR) is 104 cm³/mol. The third kappa shape index (κ3) is 4.81. The molecule has 7 nitrogen and oxygen atoms in total. The van der Waals surface area contributed by atoms with Gasteiger partial charge in [-0.05, 0) is 42.7 Å². The van der Waals surface area contributed by atoms with Crippen LogP contribution in [0, 0.1) is 6.92 Å². The molecule has 1 N–H and O–H groups in total. The zero-order valence-corrected chi connectivity index (χ0v) is 15.9. The lowest BCUT2D eigenvalue weighted by molar-refractivity contribution is 0.0363. The summed E-state index contributed by atoms with van der Waals surface area (Å²) in [4.78, 5) is 32.0. The van der Waals surface area contributed by atoms with Crippen molar-refractivity contribution in [1.82, 2.24) is 14.5 Å². The Labute approximate surface area is 159 Å². The fraction of sp³-hybridized carbons (Fsp3) is 0.450. The van der Waals surface area contributed by atoms with Gasteiger partial charge in [0.05, 0.1) is 13.2 Å². The first kappa shape index (κ1) is 19.3. The van der Waals surface area contributed by atoms with Gasteiger partial charge in [-0.1, -0.05) is 6.92 Å². The first-order valence-corrected chi connectivity index (χ1v) is 9.35. The molecule has 0 radical (unpaired) electrons. The Morgan fingerprint density at radius 1 is 1.26 bits per heavy atom. The highest BCUT2D eigenvalue weighted by molar-refractivity contribution is 6.04. The number of carbonyl (C=O) groups excluding carboxylic acids is 1. The fourth-order valence-corrected chi connectivity index (χ4v) is 3.13. The molecule has 0 aromatic carbocycles. The van der Waals surface area contributed by atoms with E-state index >= 15 is 0 Å². The number of rotatable bonds is 6. The van der Waals surface area contributed by atoms with Crippen molar-refractivity contribution in [3.63, 3.8) is 0 Å². The van der Waals surface area contributed by atoms with Gasteiger partial charge < -0.3 is 14.6 Å². The van der Waals surface area contributed by atoms with Gasteiger partial charge in [0.25, 0.3) is 11.5 Å². The van der Waals surface area contributed by atoms with Crippen molar-refractivity contribution in [2.75, 3.05) is 38.2 Å². The van der Waals surface area contributed by atoms with Crippen molar-refractivity contribution < 1.29 is 9.53 Å². The molecule has 1 saturated heterocycles. The number of amides is 1. The van der Waals surface area contributed by atoms with Crippen molar-refractivity contribution in [2.45, 2.75) is 26.8 Å². The maximum atomic E-state index is 12.9. The average molecular weight is 370 g/mol. The normalized spacial score (nSPS) is 14.9. The Kier molecular flexibility index (Phi) is 6.36. The monoisotopic (exact) mass is 370 g/mol. The highest BCUT2D eigenvalue weighted by Crippen LogP contribution is 2.10. The molecule has 144 valence electrons. The van der Waals surface area contributed by atoms with Crippen LogP contribution in [0.25, 0.3) is 0 Å². The zero-order valence-electron chi connectivity index (χ0n) is 15.9. The highest BCUT2D eigenvalue weighted by atomic mass is 16.5. The number of carbonyl (C=O) groups is 1. The summed E-state index contributed by atoms with van der Waals surface area (Å²) in [5.74, 6) is 0.0424. The zero-order chi connectivity index (χ0) is 19.2. The number of hydrogen-bond donors (Lipinski definition) is 1. The molecule has 0 spiro atoms. The summed E-state index contributed by atoms with van der Waals surface area (Å²) >= 11 is 0. The third-order valence-corrected chi connectivity index (χ3v) is 4.84. The van der Waals surface area contributed by atoms with Crippen molar-refractivity contribution in [2.24, 2.45) is 0 Å². The number of morpholine rings is 1. The summed E-state index contributed by atoms with van der Waals surface area (Å²) in [7, 11) is 0. The molecular formula is C20H26N4O3. The molecule has 1 aliphatic rings. The SMILES string of the molecule is CCc1ccnc(NC(=O)c2c(C)ccn(CCN3CCOCC3)c2=O)c1. The number of nitrogens with zero attached hydrogens (tertiary/aromatic N) is 3. The number of ether oxygens (including phenoxy) is 1. The second-order valence-electron chi connectivity index (χ2n) is 6.68. The van der Waals surface area contributed by atoms with Gasteiger partial charge in [-0.25, -0.2) is 4.98 Å². The quantitative estimate of drug-likeness (QED) is 0.838. The lowest BCUT2D eigenvalue weighted by Gasteiger charge is -2.26. The molecule has 2 aromatic heterocycles. The Hall–Kier alpha value is -2.51. The molecule has 0 atom stereocenters. The van der Waals surface area contributed by atoms with Crippen LogP contribution in [0.3, 0.4) is 0 Å². The molecule has 1 amide bonds. The van der Waals surface area contributed by atoms with Crippen molar-refractivity contribution in [1.29, 1.82) is 0 Å². The molecular weight excluding hydrogens is 344 g/mol. The van der Waals surface area contributed by atoms with E-state index in [9.17, 15) is 9.59 Å². The first-order chi connectivity index (χ1) is 13.1. The standard InChI is InChI=1S/C20H26N4O3/c1-3-16-4-6-21-17(14-16)22-19(25)18-15(2)5-7-24(20(18)26)9-8-23-10-12-27-13-11-23/h4-7,14H,3,8-13H2,1-2H3,(H,21,22,25). The number of aryl methyl sites for hydroxylation is 2. The molecule has 0 unspecified atom stereocenters. The summed E-state index contributed by atoms with van der Waals surface area (Å²) in [5.41, 5.74) is 1.63. The van der Waals surface area contributed by atoms with Crippen molar-refractivity contribution in [3.8, 4) is 0 Å². The molecule has 27 heavy (non-hydrogen) atoms. The average Bonchev–Trinajstić information content (AvgIpc) is 2.68. The van der Waals surface area contributed by atoms with Gasteiger partial charge >= 0.3 is 0 Å². The molecule has 0 saturated carbocycles. The number of aromatic nitrogens is 2. The predicted octanol–water partition coefficient (Wildman–Crippen LogP) is 1.70. The summed E-state index contributed by atoms with van der Waals surface area (Å²) in [6.07, 6.45) is 4.27. The van der Waals surface area contributed by atoms with Gasteiger partial charge in [0, 0.05) is 38.6 Å². The lowest BCUT2D eigenvalue weighted by atomic mass is 10.1. The van der Waals surface area contributed by atoms with E-state index in [0.717, 1.165) is 44.8 Å². The molecule has 1 fully saturated rings. The van der Waals surface area contributed by atoms with E-state index in [4.69, 9.17) is 4.74 Å². The van der Waals surface area contributed by atoms with Crippen LogP contribution in [0.2, 0.25) is 0 Å². The van der Waals surface area contributed by atoms with Crippen molar-refractivity contribution >= 4 is 11.7 Å². The number of pyridine rings is 2. The molecule has 0 aliphatic carbocycles. The second kappa shape index (κ2) is 8.92. The van der Waals surface area contributed by atoms with E-state index in [1.54, 1.807) is 23.9 Å². The largest absolute Gasteiger partial charge is 0.379 e. The first-order valence-electron chi connectivity index (χ1n) is 9.35. The minimum Gasteiger partial charge on any atom is -0.379 e. The van der Waals surface area contributed by atoms with Crippen molar-refractivity contribution in [3.05, 3.63) is 57.6 Å².